The second-order valence-electron chi connectivity index (χ2n) is 4.31. The Morgan fingerprint density at radius 1 is 1.26 bits per heavy atom. The van der Waals surface area contributed by atoms with Gasteiger partial charge >= 0.3 is 0 Å². The van der Waals surface area contributed by atoms with Crippen molar-refractivity contribution in [2.75, 3.05) is 6.54 Å². The van der Waals surface area contributed by atoms with Gasteiger partial charge in [0, 0.05) is 15.3 Å². The summed E-state index contributed by atoms with van der Waals surface area (Å²) in [6.45, 7) is 2.94. The second kappa shape index (κ2) is 6.96. The number of benzene rings is 1. The number of hydrogen-bond donors (Lipinski definition) is 1. The topological polar surface area (TPSA) is 24.9 Å². The first kappa shape index (κ1) is 14.4. The summed E-state index contributed by atoms with van der Waals surface area (Å²) in [5.74, 6) is -0.268. The van der Waals surface area contributed by atoms with E-state index in [1.54, 1.807) is 12.3 Å². The van der Waals surface area contributed by atoms with Crippen molar-refractivity contribution < 1.29 is 4.39 Å². The van der Waals surface area contributed by atoms with Crippen LogP contribution in [0.2, 0.25) is 0 Å². The third-order valence-corrected chi connectivity index (χ3v) is 3.91. The molecule has 2 aromatic rings. The molecule has 19 heavy (non-hydrogen) atoms. The van der Waals surface area contributed by atoms with Crippen LogP contribution in [0.1, 0.15) is 30.5 Å². The minimum absolute atomic E-state index is 0.129. The van der Waals surface area contributed by atoms with Crippen molar-refractivity contribution >= 4 is 22.6 Å². The summed E-state index contributed by atoms with van der Waals surface area (Å²) in [7, 11) is 0. The Balaban J connectivity index is 2.42. The number of nitrogens with one attached hydrogen (secondary N) is 1. The van der Waals surface area contributed by atoms with Crippen LogP contribution in [-0.2, 0) is 0 Å². The Morgan fingerprint density at radius 3 is 2.74 bits per heavy atom. The van der Waals surface area contributed by atoms with E-state index in [4.69, 9.17) is 0 Å². The van der Waals surface area contributed by atoms with E-state index in [0.717, 1.165) is 22.1 Å². The molecule has 0 amide bonds. The molecule has 0 aliphatic carbocycles. The van der Waals surface area contributed by atoms with E-state index in [9.17, 15) is 4.39 Å². The monoisotopic (exact) mass is 370 g/mol. The maximum Gasteiger partial charge on any atom is 0.146 e. The number of aromatic nitrogens is 1. The van der Waals surface area contributed by atoms with Crippen molar-refractivity contribution in [2.24, 2.45) is 0 Å². The number of hydrogen-bond acceptors (Lipinski definition) is 2. The summed E-state index contributed by atoms with van der Waals surface area (Å²) in [6.07, 6.45) is 3.91. The van der Waals surface area contributed by atoms with Crippen LogP contribution in [-0.4, -0.2) is 11.5 Å². The zero-order valence-corrected chi connectivity index (χ0v) is 12.9. The summed E-state index contributed by atoms with van der Waals surface area (Å²) in [5, 5.41) is 3.41. The zero-order valence-electron chi connectivity index (χ0n) is 10.7. The average Bonchev–Trinajstić information content (AvgIpc) is 2.42. The van der Waals surface area contributed by atoms with Gasteiger partial charge < -0.3 is 5.32 Å². The summed E-state index contributed by atoms with van der Waals surface area (Å²) >= 11 is 2.29. The van der Waals surface area contributed by atoms with Gasteiger partial charge in [-0.05, 0) is 53.3 Å². The molecule has 2 nitrogen and oxygen atoms in total. The molecule has 1 N–H and O–H groups in total. The normalized spacial score (nSPS) is 12.4. The van der Waals surface area contributed by atoms with Gasteiger partial charge in [-0.25, -0.2) is 4.39 Å². The summed E-state index contributed by atoms with van der Waals surface area (Å²) < 4.78 is 15.1. The van der Waals surface area contributed by atoms with E-state index in [1.807, 2.05) is 24.3 Å². The highest BCUT2D eigenvalue weighted by molar-refractivity contribution is 14.1. The lowest BCUT2D eigenvalue weighted by Crippen LogP contribution is -2.25. The average molecular weight is 370 g/mol. The van der Waals surface area contributed by atoms with Gasteiger partial charge in [0.05, 0.1) is 12.2 Å². The van der Waals surface area contributed by atoms with Crippen LogP contribution in [0.3, 0.4) is 0 Å². The molecule has 1 heterocycles. The number of nitrogens with zero attached hydrogens (tertiary/aromatic N) is 1. The Morgan fingerprint density at radius 2 is 2.05 bits per heavy atom. The maximum atomic E-state index is 14.0. The quantitative estimate of drug-likeness (QED) is 0.808. The van der Waals surface area contributed by atoms with Crippen molar-refractivity contribution in [3.63, 3.8) is 0 Å². The van der Waals surface area contributed by atoms with Crippen LogP contribution >= 0.6 is 22.6 Å². The summed E-state index contributed by atoms with van der Waals surface area (Å²) in [4.78, 5) is 3.82. The number of pyridine rings is 1. The minimum atomic E-state index is -0.268. The highest BCUT2D eigenvalue weighted by Gasteiger charge is 2.18. The molecule has 1 aromatic carbocycles. The second-order valence-corrected chi connectivity index (χ2v) is 5.47. The zero-order chi connectivity index (χ0) is 13.7. The van der Waals surface area contributed by atoms with E-state index < -0.39 is 0 Å². The lowest BCUT2D eigenvalue weighted by atomic mass is 9.99. The van der Waals surface area contributed by atoms with Gasteiger partial charge in [0.25, 0.3) is 0 Å². The van der Waals surface area contributed by atoms with Gasteiger partial charge in [0.1, 0.15) is 5.82 Å². The van der Waals surface area contributed by atoms with Crippen molar-refractivity contribution in [1.82, 2.24) is 10.3 Å². The van der Waals surface area contributed by atoms with Crippen molar-refractivity contribution in [3.8, 4) is 0 Å². The van der Waals surface area contributed by atoms with Gasteiger partial charge in [-0.3, -0.25) is 4.98 Å². The Bertz CT molecular complexity index is 500. The first-order valence-electron chi connectivity index (χ1n) is 6.31. The van der Waals surface area contributed by atoms with Crippen LogP contribution in [0.5, 0.6) is 0 Å². The molecular weight excluding hydrogens is 354 g/mol. The first-order valence-corrected chi connectivity index (χ1v) is 7.39. The molecule has 2 rings (SSSR count). The lowest BCUT2D eigenvalue weighted by Gasteiger charge is -2.21. The highest BCUT2D eigenvalue weighted by atomic mass is 127. The van der Waals surface area contributed by atoms with Crippen molar-refractivity contribution in [3.05, 3.63) is 63.2 Å². The fourth-order valence-electron chi connectivity index (χ4n) is 2.01. The molecule has 0 saturated carbocycles. The molecular formula is C15H16FIN2. The van der Waals surface area contributed by atoms with Gasteiger partial charge in [-0.2, -0.15) is 0 Å². The van der Waals surface area contributed by atoms with Crippen LogP contribution in [0.25, 0.3) is 0 Å². The SMILES string of the molecule is CCCNC(c1ccncc1F)c1ccccc1I. The van der Waals surface area contributed by atoms with E-state index in [0.29, 0.717) is 5.56 Å². The minimum Gasteiger partial charge on any atom is -0.306 e. The van der Waals surface area contributed by atoms with Gasteiger partial charge in [-0.1, -0.05) is 25.1 Å². The molecule has 1 aromatic heterocycles. The lowest BCUT2D eigenvalue weighted by molar-refractivity contribution is 0.542. The molecule has 1 unspecified atom stereocenters. The van der Waals surface area contributed by atoms with Crippen molar-refractivity contribution in [1.29, 1.82) is 0 Å². The molecule has 0 radical (unpaired) electrons. The van der Waals surface area contributed by atoms with E-state index in [1.165, 1.54) is 6.20 Å². The molecule has 0 spiro atoms. The predicted molar refractivity (Wildman–Crippen MR) is 83.5 cm³/mol. The van der Waals surface area contributed by atoms with E-state index in [-0.39, 0.29) is 11.9 Å². The molecule has 1 atom stereocenters. The molecule has 0 aliphatic heterocycles. The Kier molecular flexibility index (Phi) is 5.27. The van der Waals surface area contributed by atoms with Crippen LogP contribution in [0.4, 0.5) is 4.39 Å². The molecule has 0 fully saturated rings. The molecule has 0 aliphatic rings. The standard InChI is InChI=1S/C15H16FIN2/c1-2-8-19-15(11-7-9-18-10-13(11)16)12-5-3-4-6-14(12)17/h3-7,9-10,15,19H,2,8H2,1H3. The van der Waals surface area contributed by atoms with E-state index >= 15 is 0 Å². The largest absolute Gasteiger partial charge is 0.306 e. The first-order chi connectivity index (χ1) is 9.24. The molecule has 0 saturated heterocycles. The fraction of sp³-hybridized carbons (Fsp3) is 0.267. The van der Waals surface area contributed by atoms with Gasteiger partial charge in [0.15, 0.2) is 0 Å². The Hall–Kier alpha value is -1.01. The fourth-order valence-corrected chi connectivity index (χ4v) is 2.70. The van der Waals surface area contributed by atoms with Crippen molar-refractivity contribution in [2.45, 2.75) is 19.4 Å². The third kappa shape index (κ3) is 3.51. The predicted octanol–water partition coefficient (Wildman–Crippen LogP) is 3.91. The van der Waals surface area contributed by atoms with Crippen LogP contribution in [0.15, 0.2) is 42.7 Å². The smallest absolute Gasteiger partial charge is 0.146 e. The van der Waals surface area contributed by atoms with Gasteiger partial charge in [-0.15, -0.1) is 0 Å². The van der Waals surface area contributed by atoms with Gasteiger partial charge in [0.2, 0.25) is 0 Å². The summed E-state index contributed by atoms with van der Waals surface area (Å²) in [5.41, 5.74) is 1.74. The van der Waals surface area contributed by atoms with E-state index in [2.05, 4.69) is 39.8 Å². The Labute approximate surface area is 126 Å². The maximum absolute atomic E-state index is 14.0. The van der Waals surface area contributed by atoms with Crippen LogP contribution in [0, 0.1) is 9.39 Å². The third-order valence-electron chi connectivity index (χ3n) is 2.93. The van der Waals surface area contributed by atoms with Crippen LogP contribution < -0.4 is 5.32 Å². The summed E-state index contributed by atoms with van der Waals surface area (Å²) in [6, 6.07) is 9.66. The number of halogens is 2. The molecule has 100 valence electrons. The molecule has 4 heteroatoms. The molecule has 0 bridgehead atoms. The number of rotatable bonds is 5. The highest BCUT2D eigenvalue weighted by Crippen LogP contribution is 2.27.